The first kappa shape index (κ1) is 21.0. The highest BCUT2D eigenvalue weighted by atomic mass is 32.1. The van der Waals surface area contributed by atoms with E-state index in [9.17, 15) is 9.59 Å². The minimum absolute atomic E-state index is 0.0470. The van der Waals surface area contributed by atoms with E-state index in [0.717, 1.165) is 27.8 Å². The van der Waals surface area contributed by atoms with Crippen LogP contribution in [0.1, 0.15) is 21.5 Å². The summed E-state index contributed by atoms with van der Waals surface area (Å²) in [6, 6.07) is 23.7. The summed E-state index contributed by atoms with van der Waals surface area (Å²) in [6.45, 7) is 4.05. The van der Waals surface area contributed by atoms with E-state index in [1.807, 2.05) is 79.0 Å². The molecule has 4 nitrogen and oxygen atoms in total. The van der Waals surface area contributed by atoms with E-state index in [2.05, 4.69) is 18.0 Å². The number of thiophene rings is 1. The van der Waals surface area contributed by atoms with Crippen LogP contribution in [0, 0.1) is 13.8 Å². The summed E-state index contributed by atoms with van der Waals surface area (Å²) < 4.78 is 1.41. The van der Waals surface area contributed by atoms with Gasteiger partial charge in [0.15, 0.2) is 5.78 Å². The molecule has 0 unspecified atom stereocenters. The highest BCUT2D eigenvalue weighted by Crippen LogP contribution is 2.33. The van der Waals surface area contributed by atoms with Crippen LogP contribution in [0.25, 0.3) is 32.5 Å². The van der Waals surface area contributed by atoms with E-state index in [1.165, 1.54) is 27.8 Å². The van der Waals surface area contributed by atoms with Gasteiger partial charge in [-0.25, -0.2) is 4.98 Å². The van der Waals surface area contributed by atoms with E-state index < -0.39 is 0 Å². The molecular formula is C28H22N2O2S. The molecule has 0 radical (unpaired) electrons. The zero-order chi connectivity index (χ0) is 22.9. The number of hydrogen-bond acceptors (Lipinski definition) is 4. The van der Waals surface area contributed by atoms with Crippen LogP contribution in [0.3, 0.4) is 0 Å². The van der Waals surface area contributed by atoms with Crippen LogP contribution in [-0.4, -0.2) is 15.3 Å². The molecule has 0 saturated heterocycles. The Hall–Kier alpha value is -3.83. The van der Waals surface area contributed by atoms with Gasteiger partial charge in [-0.2, -0.15) is 0 Å². The summed E-state index contributed by atoms with van der Waals surface area (Å²) in [5.41, 5.74) is 6.70. The van der Waals surface area contributed by atoms with Crippen LogP contribution in [0.15, 0.2) is 89.3 Å². The molecule has 33 heavy (non-hydrogen) atoms. The number of aryl methyl sites for hydroxylation is 2. The molecule has 162 valence electrons. The Morgan fingerprint density at radius 2 is 1.64 bits per heavy atom. The zero-order valence-electron chi connectivity index (χ0n) is 18.4. The molecule has 0 atom stereocenters. The number of hydrogen-bond donors (Lipinski definition) is 0. The predicted octanol–water partition coefficient (Wildman–Crippen LogP) is 6.29. The zero-order valence-corrected chi connectivity index (χ0v) is 19.2. The smallest absolute Gasteiger partial charge is 0.263 e. The minimum Gasteiger partial charge on any atom is -0.292 e. The van der Waals surface area contributed by atoms with Gasteiger partial charge in [-0.1, -0.05) is 78.4 Å². The average molecular weight is 451 g/mol. The van der Waals surface area contributed by atoms with Crippen molar-refractivity contribution in [2.24, 2.45) is 0 Å². The fraction of sp³-hybridized carbons (Fsp3) is 0.107. The summed E-state index contributed by atoms with van der Waals surface area (Å²) in [7, 11) is 0. The third-order valence-electron chi connectivity index (χ3n) is 5.86. The minimum atomic E-state index is -0.189. The molecule has 5 aromatic rings. The van der Waals surface area contributed by atoms with Gasteiger partial charge >= 0.3 is 0 Å². The molecule has 2 aromatic heterocycles. The average Bonchev–Trinajstić information content (AvgIpc) is 3.26. The van der Waals surface area contributed by atoms with Crippen molar-refractivity contribution < 1.29 is 4.79 Å². The third kappa shape index (κ3) is 4.03. The molecule has 0 aliphatic heterocycles. The SMILES string of the molecule is Cc1ccc(-c2csc3ncn(CC(=O)c4ccc(-c5ccccc5)cc4)c(=O)c23)c(C)c1. The molecular weight excluding hydrogens is 428 g/mol. The fourth-order valence-corrected chi connectivity index (χ4v) is 5.02. The maximum atomic E-state index is 13.3. The highest BCUT2D eigenvalue weighted by molar-refractivity contribution is 7.17. The van der Waals surface area contributed by atoms with Crippen molar-refractivity contribution in [3.05, 3.63) is 112 Å². The molecule has 0 amide bonds. The second kappa shape index (κ2) is 8.60. The molecule has 0 aliphatic rings. The molecule has 5 rings (SSSR count). The predicted molar refractivity (Wildman–Crippen MR) is 135 cm³/mol. The first-order valence-electron chi connectivity index (χ1n) is 10.7. The normalized spacial score (nSPS) is 11.1. The van der Waals surface area contributed by atoms with Crippen molar-refractivity contribution in [3.63, 3.8) is 0 Å². The molecule has 3 aromatic carbocycles. The maximum Gasteiger partial charge on any atom is 0.263 e. The van der Waals surface area contributed by atoms with Gasteiger partial charge in [0.1, 0.15) is 4.83 Å². The van der Waals surface area contributed by atoms with E-state index in [0.29, 0.717) is 15.8 Å². The van der Waals surface area contributed by atoms with Crippen molar-refractivity contribution in [1.82, 2.24) is 9.55 Å². The standard InChI is InChI=1S/C28H22N2O2S/c1-18-8-13-23(19(2)14-18)24-16-33-27-26(24)28(32)30(17-29-27)15-25(31)22-11-9-21(10-12-22)20-6-4-3-5-7-20/h3-14,16-17H,15H2,1-2H3. The van der Waals surface area contributed by atoms with Gasteiger partial charge in [0.05, 0.1) is 18.3 Å². The first-order valence-corrected chi connectivity index (χ1v) is 11.6. The lowest BCUT2D eigenvalue weighted by Gasteiger charge is -2.08. The molecule has 0 fully saturated rings. The second-order valence-electron chi connectivity index (χ2n) is 8.19. The van der Waals surface area contributed by atoms with Crippen molar-refractivity contribution in [2.75, 3.05) is 0 Å². The Balaban J connectivity index is 1.46. The van der Waals surface area contributed by atoms with Crippen LogP contribution in [-0.2, 0) is 6.54 Å². The monoisotopic (exact) mass is 450 g/mol. The molecule has 0 N–H and O–H groups in total. The summed E-state index contributed by atoms with van der Waals surface area (Å²) in [4.78, 5) is 31.4. The summed E-state index contributed by atoms with van der Waals surface area (Å²) in [6.07, 6.45) is 1.48. The molecule has 0 spiro atoms. The number of benzene rings is 3. The quantitative estimate of drug-likeness (QED) is 0.296. The third-order valence-corrected chi connectivity index (χ3v) is 6.75. The van der Waals surface area contributed by atoms with Crippen LogP contribution in [0.2, 0.25) is 0 Å². The van der Waals surface area contributed by atoms with E-state index in [4.69, 9.17) is 0 Å². The molecule has 0 aliphatic carbocycles. The Morgan fingerprint density at radius 1 is 0.909 bits per heavy atom. The van der Waals surface area contributed by atoms with Gasteiger partial charge in [-0.15, -0.1) is 11.3 Å². The van der Waals surface area contributed by atoms with Gasteiger partial charge in [-0.3, -0.25) is 14.2 Å². The number of ketones is 1. The van der Waals surface area contributed by atoms with Gasteiger partial charge in [0.2, 0.25) is 0 Å². The lowest BCUT2D eigenvalue weighted by atomic mass is 9.99. The van der Waals surface area contributed by atoms with E-state index in [1.54, 1.807) is 0 Å². The van der Waals surface area contributed by atoms with Gasteiger partial charge in [0.25, 0.3) is 5.56 Å². The number of carbonyl (C=O) groups excluding carboxylic acids is 1. The van der Waals surface area contributed by atoms with E-state index in [-0.39, 0.29) is 17.9 Å². The topological polar surface area (TPSA) is 52.0 Å². The van der Waals surface area contributed by atoms with Crippen LogP contribution >= 0.6 is 11.3 Å². The van der Waals surface area contributed by atoms with Crippen molar-refractivity contribution in [1.29, 1.82) is 0 Å². The number of Topliss-reactive ketones (excluding diaryl/α,β-unsaturated/α-hetero) is 1. The summed E-state index contributed by atoms with van der Waals surface area (Å²) in [5, 5.41) is 2.55. The lowest BCUT2D eigenvalue weighted by molar-refractivity contribution is 0.0970. The fourth-order valence-electron chi connectivity index (χ4n) is 4.12. The van der Waals surface area contributed by atoms with Crippen LogP contribution in [0.5, 0.6) is 0 Å². The number of fused-ring (bicyclic) bond motifs is 1. The molecule has 5 heteroatoms. The van der Waals surface area contributed by atoms with Gasteiger partial charge in [-0.05, 0) is 36.1 Å². The number of aromatic nitrogens is 2. The van der Waals surface area contributed by atoms with Crippen molar-refractivity contribution >= 4 is 27.3 Å². The van der Waals surface area contributed by atoms with Crippen molar-refractivity contribution in [3.8, 4) is 22.3 Å². The molecule has 0 bridgehead atoms. The Morgan fingerprint density at radius 3 is 2.36 bits per heavy atom. The highest BCUT2D eigenvalue weighted by Gasteiger charge is 2.16. The van der Waals surface area contributed by atoms with Crippen LogP contribution < -0.4 is 5.56 Å². The van der Waals surface area contributed by atoms with E-state index >= 15 is 0 Å². The number of nitrogens with zero attached hydrogens (tertiary/aromatic N) is 2. The Labute approximate surface area is 195 Å². The molecule has 0 saturated carbocycles. The van der Waals surface area contributed by atoms with Gasteiger partial charge in [0, 0.05) is 16.5 Å². The Kier molecular flexibility index (Phi) is 5.48. The summed E-state index contributed by atoms with van der Waals surface area (Å²) in [5.74, 6) is -0.124. The van der Waals surface area contributed by atoms with Crippen molar-refractivity contribution in [2.45, 2.75) is 20.4 Å². The maximum absolute atomic E-state index is 13.3. The number of carbonyl (C=O) groups is 1. The summed E-state index contributed by atoms with van der Waals surface area (Å²) >= 11 is 1.45. The second-order valence-corrected chi connectivity index (χ2v) is 9.05. The lowest BCUT2D eigenvalue weighted by Crippen LogP contribution is -2.24. The Bertz CT molecular complexity index is 1530. The van der Waals surface area contributed by atoms with Crippen LogP contribution in [0.4, 0.5) is 0 Å². The number of rotatable bonds is 5. The first-order chi connectivity index (χ1) is 16.0. The largest absolute Gasteiger partial charge is 0.292 e. The van der Waals surface area contributed by atoms with Gasteiger partial charge < -0.3 is 0 Å². The molecule has 2 heterocycles.